The van der Waals surface area contributed by atoms with Crippen molar-refractivity contribution < 1.29 is 9.47 Å². The first-order chi connectivity index (χ1) is 4.90. The number of ether oxygens (including phenoxy) is 2. The van der Waals surface area contributed by atoms with Crippen molar-refractivity contribution in [1.29, 1.82) is 0 Å². The van der Waals surface area contributed by atoms with E-state index in [9.17, 15) is 0 Å². The quantitative estimate of drug-likeness (QED) is 0.572. The van der Waals surface area contributed by atoms with Crippen LogP contribution in [0.1, 0.15) is 12.8 Å². The van der Waals surface area contributed by atoms with Crippen LogP contribution in [0.3, 0.4) is 0 Å². The molecule has 1 heterocycles. The third kappa shape index (κ3) is 1.29. The molecule has 0 radical (unpaired) electrons. The van der Waals surface area contributed by atoms with E-state index in [1.54, 1.807) is 0 Å². The second-order valence-corrected chi connectivity index (χ2v) is 3.26. The van der Waals surface area contributed by atoms with E-state index < -0.39 is 0 Å². The first-order valence-electron chi connectivity index (χ1n) is 3.73. The fourth-order valence-corrected chi connectivity index (χ4v) is 1.33. The highest BCUT2D eigenvalue weighted by atomic mass is 35.5. The summed E-state index contributed by atoms with van der Waals surface area (Å²) in [6.45, 7) is 0.685. The van der Waals surface area contributed by atoms with Crippen molar-refractivity contribution in [2.45, 2.75) is 25.2 Å². The third-order valence-electron chi connectivity index (χ3n) is 1.95. The molecule has 58 valence electrons. The smallest absolute Gasteiger partial charge is 0.161 e. The van der Waals surface area contributed by atoms with Crippen LogP contribution in [0.2, 0.25) is 0 Å². The van der Waals surface area contributed by atoms with Gasteiger partial charge in [0.05, 0.1) is 18.6 Å². The summed E-state index contributed by atoms with van der Waals surface area (Å²) in [6.07, 6.45) is 2.75. The number of halogens is 1. The minimum Gasteiger partial charge on any atom is -0.350 e. The summed E-state index contributed by atoms with van der Waals surface area (Å²) >= 11 is 5.59. The molecule has 0 N–H and O–H groups in total. The molecule has 2 fully saturated rings. The molecule has 0 bridgehead atoms. The van der Waals surface area contributed by atoms with Crippen molar-refractivity contribution in [3.05, 3.63) is 0 Å². The lowest BCUT2D eigenvalue weighted by Gasteiger charge is -2.06. The van der Waals surface area contributed by atoms with Crippen molar-refractivity contribution in [2.24, 2.45) is 5.92 Å². The van der Waals surface area contributed by atoms with Crippen LogP contribution in [0.15, 0.2) is 0 Å². The fourth-order valence-electron chi connectivity index (χ4n) is 1.17. The molecule has 2 unspecified atom stereocenters. The van der Waals surface area contributed by atoms with E-state index >= 15 is 0 Å². The van der Waals surface area contributed by atoms with E-state index in [4.69, 9.17) is 21.1 Å². The van der Waals surface area contributed by atoms with Gasteiger partial charge in [0.15, 0.2) is 6.29 Å². The second-order valence-electron chi connectivity index (χ2n) is 2.95. The van der Waals surface area contributed by atoms with E-state index in [2.05, 4.69) is 0 Å². The molecule has 1 saturated carbocycles. The largest absolute Gasteiger partial charge is 0.350 e. The molecular weight excluding hydrogens is 152 g/mol. The lowest BCUT2D eigenvalue weighted by Crippen LogP contribution is -2.14. The van der Waals surface area contributed by atoms with Gasteiger partial charge in [-0.05, 0) is 12.8 Å². The Morgan fingerprint density at radius 3 is 2.70 bits per heavy atom. The predicted molar refractivity (Wildman–Crippen MR) is 38.1 cm³/mol. The summed E-state index contributed by atoms with van der Waals surface area (Å²) in [6, 6.07) is 0. The zero-order valence-corrected chi connectivity index (χ0v) is 6.51. The lowest BCUT2D eigenvalue weighted by molar-refractivity contribution is -0.0689. The van der Waals surface area contributed by atoms with Crippen LogP contribution in [0.4, 0.5) is 0 Å². The van der Waals surface area contributed by atoms with Gasteiger partial charge in [0.2, 0.25) is 0 Å². The van der Waals surface area contributed by atoms with Gasteiger partial charge < -0.3 is 9.47 Å². The number of hydrogen-bond donors (Lipinski definition) is 0. The Balaban J connectivity index is 1.81. The number of hydrogen-bond acceptors (Lipinski definition) is 2. The van der Waals surface area contributed by atoms with E-state index in [0.29, 0.717) is 18.4 Å². The van der Waals surface area contributed by atoms with E-state index in [1.165, 1.54) is 12.8 Å². The van der Waals surface area contributed by atoms with E-state index in [0.717, 1.165) is 0 Å². The van der Waals surface area contributed by atoms with Crippen LogP contribution < -0.4 is 0 Å². The number of rotatable bonds is 2. The molecule has 0 aromatic carbocycles. The van der Waals surface area contributed by atoms with Crippen LogP contribution in [0.25, 0.3) is 0 Å². The van der Waals surface area contributed by atoms with Gasteiger partial charge >= 0.3 is 0 Å². The Morgan fingerprint density at radius 2 is 2.20 bits per heavy atom. The molecule has 0 aromatic rings. The average molecular weight is 163 g/mol. The standard InChI is InChI=1S/C7H11ClO2/c8-3-6-4-9-7(10-6)5-1-2-5/h5-7H,1-4H2. The lowest BCUT2D eigenvalue weighted by atomic mass is 10.4. The van der Waals surface area contributed by atoms with Crippen LogP contribution in [0, 0.1) is 5.92 Å². The van der Waals surface area contributed by atoms with Gasteiger partial charge in [0.25, 0.3) is 0 Å². The Kier molecular flexibility index (Phi) is 1.85. The van der Waals surface area contributed by atoms with Crippen LogP contribution in [-0.2, 0) is 9.47 Å². The molecule has 0 amide bonds. The first-order valence-corrected chi connectivity index (χ1v) is 4.26. The average Bonchev–Trinajstić information content (AvgIpc) is 2.70. The Labute approximate surface area is 65.4 Å². The van der Waals surface area contributed by atoms with Crippen molar-refractivity contribution in [1.82, 2.24) is 0 Å². The minimum absolute atomic E-state index is 0.0729. The molecule has 1 aliphatic carbocycles. The first kappa shape index (κ1) is 6.89. The second kappa shape index (κ2) is 2.68. The van der Waals surface area contributed by atoms with Crippen LogP contribution >= 0.6 is 11.6 Å². The molecule has 2 nitrogen and oxygen atoms in total. The molecule has 0 spiro atoms. The maximum absolute atomic E-state index is 5.59. The highest BCUT2D eigenvalue weighted by molar-refractivity contribution is 6.18. The zero-order valence-electron chi connectivity index (χ0n) is 5.75. The molecule has 3 heteroatoms. The molecule has 2 rings (SSSR count). The van der Waals surface area contributed by atoms with Gasteiger partial charge in [-0.3, -0.25) is 0 Å². The van der Waals surface area contributed by atoms with Gasteiger partial charge in [-0.1, -0.05) is 0 Å². The van der Waals surface area contributed by atoms with Crippen molar-refractivity contribution in [2.75, 3.05) is 12.5 Å². The van der Waals surface area contributed by atoms with Gasteiger partial charge in [-0.25, -0.2) is 0 Å². The molecular formula is C7H11ClO2. The Bertz CT molecular complexity index is 125. The zero-order chi connectivity index (χ0) is 6.97. The molecule has 2 atom stereocenters. The molecule has 1 saturated heterocycles. The summed E-state index contributed by atoms with van der Waals surface area (Å²) in [7, 11) is 0. The fraction of sp³-hybridized carbons (Fsp3) is 1.00. The molecule has 0 aromatic heterocycles. The third-order valence-corrected chi connectivity index (χ3v) is 2.30. The Hall–Kier alpha value is 0.210. The van der Waals surface area contributed by atoms with Crippen LogP contribution in [-0.4, -0.2) is 24.9 Å². The summed E-state index contributed by atoms with van der Waals surface area (Å²) < 4.78 is 10.9. The predicted octanol–water partition coefficient (Wildman–Crippen LogP) is 1.38. The minimum atomic E-state index is 0.0729. The summed E-state index contributed by atoms with van der Waals surface area (Å²) in [5, 5.41) is 0. The van der Waals surface area contributed by atoms with Crippen molar-refractivity contribution >= 4 is 11.6 Å². The Morgan fingerprint density at radius 1 is 1.40 bits per heavy atom. The van der Waals surface area contributed by atoms with Gasteiger partial charge in [0.1, 0.15) is 0 Å². The summed E-state index contributed by atoms with van der Waals surface area (Å²) in [5.41, 5.74) is 0. The van der Waals surface area contributed by atoms with Crippen molar-refractivity contribution in [3.63, 3.8) is 0 Å². The topological polar surface area (TPSA) is 18.5 Å². The SMILES string of the molecule is ClCC1COC(C2CC2)O1. The summed E-state index contributed by atoms with van der Waals surface area (Å²) in [4.78, 5) is 0. The van der Waals surface area contributed by atoms with Crippen LogP contribution in [0.5, 0.6) is 0 Å². The molecule has 10 heavy (non-hydrogen) atoms. The molecule has 1 aliphatic heterocycles. The maximum Gasteiger partial charge on any atom is 0.161 e. The molecule has 2 aliphatic rings. The number of alkyl halides is 1. The van der Waals surface area contributed by atoms with Gasteiger partial charge in [-0.15, -0.1) is 11.6 Å². The highest BCUT2D eigenvalue weighted by Gasteiger charge is 2.38. The van der Waals surface area contributed by atoms with Crippen molar-refractivity contribution in [3.8, 4) is 0 Å². The summed E-state index contributed by atoms with van der Waals surface area (Å²) in [5.74, 6) is 1.23. The highest BCUT2D eigenvalue weighted by Crippen LogP contribution is 2.37. The maximum atomic E-state index is 5.59. The van der Waals surface area contributed by atoms with E-state index in [1.807, 2.05) is 0 Å². The van der Waals surface area contributed by atoms with E-state index in [-0.39, 0.29) is 12.4 Å². The van der Waals surface area contributed by atoms with Gasteiger partial charge in [-0.2, -0.15) is 0 Å². The normalized spacial score (nSPS) is 40.5. The monoisotopic (exact) mass is 162 g/mol. The van der Waals surface area contributed by atoms with Gasteiger partial charge in [0, 0.05) is 5.92 Å².